The lowest BCUT2D eigenvalue weighted by molar-refractivity contribution is 0.00878. The van der Waals surface area contributed by atoms with Crippen molar-refractivity contribution >= 4 is 16.9 Å². The Kier molecular flexibility index (Phi) is 5.19. The first-order valence-corrected chi connectivity index (χ1v) is 10.5. The van der Waals surface area contributed by atoms with Gasteiger partial charge in [0.1, 0.15) is 0 Å². The molecule has 7 heteroatoms. The summed E-state index contributed by atoms with van der Waals surface area (Å²) in [6.45, 7) is 0.637. The van der Waals surface area contributed by atoms with Crippen LogP contribution in [0.1, 0.15) is 31.2 Å². The van der Waals surface area contributed by atoms with Crippen molar-refractivity contribution in [1.82, 2.24) is 25.0 Å². The SMILES string of the molecule is Cn1cc(-c2cnc3[nH]nc(N[C@@H]4CCCC[C@H]4OCc4ccccc4)c3c2)cn1. The third kappa shape index (κ3) is 3.93. The van der Waals surface area contributed by atoms with Gasteiger partial charge in [-0.15, -0.1) is 0 Å². The lowest BCUT2D eigenvalue weighted by atomic mass is 9.92. The zero-order chi connectivity index (χ0) is 20.3. The van der Waals surface area contributed by atoms with Gasteiger partial charge in [-0.25, -0.2) is 4.98 Å². The number of benzene rings is 1. The van der Waals surface area contributed by atoms with Crippen molar-refractivity contribution in [3.63, 3.8) is 0 Å². The molecule has 0 radical (unpaired) electrons. The number of aryl methyl sites for hydroxylation is 1. The van der Waals surface area contributed by atoms with E-state index in [1.807, 2.05) is 31.7 Å². The molecule has 7 nitrogen and oxygen atoms in total. The Hall–Kier alpha value is -3.19. The third-order valence-electron chi connectivity index (χ3n) is 5.79. The van der Waals surface area contributed by atoms with Crippen LogP contribution in [0.3, 0.4) is 0 Å². The lowest BCUT2D eigenvalue weighted by Gasteiger charge is -2.32. The minimum Gasteiger partial charge on any atom is -0.371 e. The van der Waals surface area contributed by atoms with Crippen LogP contribution in [0.15, 0.2) is 55.0 Å². The monoisotopic (exact) mass is 402 g/mol. The van der Waals surface area contributed by atoms with E-state index in [1.54, 1.807) is 4.68 Å². The van der Waals surface area contributed by atoms with Crippen LogP contribution in [0.5, 0.6) is 0 Å². The molecule has 3 heterocycles. The van der Waals surface area contributed by atoms with Crippen LogP contribution in [0.2, 0.25) is 0 Å². The molecule has 0 amide bonds. The fourth-order valence-electron chi connectivity index (χ4n) is 4.16. The van der Waals surface area contributed by atoms with Gasteiger partial charge in [-0.1, -0.05) is 43.2 Å². The molecule has 154 valence electrons. The van der Waals surface area contributed by atoms with Gasteiger partial charge in [0.05, 0.1) is 30.3 Å². The van der Waals surface area contributed by atoms with Crippen LogP contribution in [0, 0.1) is 0 Å². The van der Waals surface area contributed by atoms with Gasteiger partial charge < -0.3 is 10.1 Å². The maximum atomic E-state index is 6.31. The zero-order valence-electron chi connectivity index (χ0n) is 17.1. The molecule has 3 aromatic heterocycles. The van der Waals surface area contributed by atoms with E-state index in [0.29, 0.717) is 6.61 Å². The van der Waals surface area contributed by atoms with Gasteiger partial charge in [-0.3, -0.25) is 9.78 Å². The predicted molar refractivity (Wildman–Crippen MR) is 117 cm³/mol. The highest BCUT2D eigenvalue weighted by atomic mass is 16.5. The summed E-state index contributed by atoms with van der Waals surface area (Å²) in [5.74, 6) is 0.837. The molecule has 4 aromatic rings. The van der Waals surface area contributed by atoms with E-state index in [-0.39, 0.29) is 12.1 Å². The second-order valence-corrected chi connectivity index (χ2v) is 7.97. The van der Waals surface area contributed by atoms with Crippen molar-refractivity contribution in [1.29, 1.82) is 0 Å². The molecule has 1 aliphatic carbocycles. The van der Waals surface area contributed by atoms with Crippen LogP contribution < -0.4 is 5.32 Å². The minimum atomic E-state index is 0.167. The number of nitrogens with one attached hydrogen (secondary N) is 2. The first-order valence-electron chi connectivity index (χ1n) is 10.5. The molecule has 0 spiro atoms. The van der Waals surface area contributed by atoms with Gasteiger partial charge in [0, 0.05) is 30.6 Å². The van der Waals surface area contributed by atoms with Crippen molar-refractivity contribution < 1.29 is 4.74 Å². The van der Waals surface area contributed by atoms with Crippen molar-refractivity contribution in [2.24, 2.45) is 7.05 Å². The minimum absolute atomic E-state index is 0.167. The number of hydrogen-bond donors (Lipinski definition) is 2. The van der Waals surface area contributed by atoms with E-state index in [9.17, 15) is 0 Å². The fraction of sp³-hybridized carbons (Fsp3) is 0.348. The van der Waals surface area contributed by atoms with Gasteiger partial charge in [0.2, 0.25) is 0 Å². The number of pyridine rings is 1. The molecule has 30 heavy (non-hydrogen) atoms. The lowest BCUT2D eigenvalue weighted by Crippen LogP contribution is -2.38. The topological polar surface area (TPSA) is 80.7 Å². The number of ether oxygens (including phenoxy) is 1. The van der Waals surface area contributed by atoms with Crippen molar-refractivity contribution in [3.8, 4) is 11.1 Å². The number of fused-ring (bicyclic) bond motifs is 1. The van der Waals surface area contributed by atoms with Gasteiger partial charge in [-0.2, -0.15) is 10.2 Å². The Balaban J connectivity index is 1.35. The highest BCUT2D eigenvalue weighted by Gasteiger charge is 2.27. The average molecular weight is 403 g/mol. The molecule has 0 unspecified atom stereocenters. The molecule has 1 fully saturated rings. The summed E-state index contributed by atoms with van der Waals surface area (Å²) in [5.41, 5.74) is 4.06. The standard InChI is InChI=1S/C23H26N6O/c1-29-14-18(13-25-29)17-11-19-22(24-12-17)27-28-23(19)26-20-9-5-6-10-21(20)30-15-16-7-3-2-4-8-16/h2-4,7-8,11-14,20-21H,5-6,9-10,15H2,1H3,(H2,24,26,27,28)/t20-,21-/m1/s1. The van der Waals surface area contributed by atoms with Gasteiger partial charge >= 0.3 is 0 Å². The summed E-state index contributed by atoms with van der Waals surface area (Å²) in [6.07, 6.45) is 10.4. The normalized spacial score (nSPS) is 19.2. The largest absolute Gasteiger partial charge is 0.371 e. The number of aromatic nitrogens is 5. The van der Waals surface area contributed by atoms with Crippen LogP contribution in [0.4, 0.5) is 5.82 Å². The summed E-state index contributed by atoms with van der Waals surface area (Å²) in [4.78, 5) is 4.55. The highest BCUT2D eigenvalue weighted by molar-refractivity contribution is 5.90. The second kappa shape index (κ2) is 8.28. The van der Waals surface area contributed by atoms with Crippen molar-refractivity contribution in [2.75, 3.05) is 5.32 Å². The maximum Gasteiger partial charge on any atom is 0.157 e. The summed E-state index contributed by atoms with van der Waals surface area (Å²) in [7, 11) is 1.92. The molecule has 2 N–H and O–H groups in total. The van der Waals surface area contributed by atoms with E-state index in [2.05, 4.69) is 55.9 Å². The number of aromatic amines is 1. The maximum absolute atomic E-state index is 6.31. The Morgan fingerprint density at radius 2 is 2.00 bits per heavy atom. The van der Waals surface area contributed by atoms with Crippen LogP contribution in [0.25, 0.3) is 22.2 Å². The molecular formula is C23H26N6O. The molecule has 1 aliphatic rings. The quantitative estimate of drug-likeness (QED) is 0.503. The van der Waals surface area contributed by atoms with Crippen LogP contribution in [-0.4, -0.2) is 37.1 Å². The van der Waals surface area contributed by atoms with Gasteiger partial charge in [0.25, 0.3) is 0 Å². The first kappa shape index (κ1) is 18.8. The Morgan fingerprint density at radius 1 is 1.13 bits per heavy atom. The second-order valence-electron chi connectivity index (χ2n) is 7.97. The van der Waals surface area contributed by atoms with E-state index in [1.165, 1.54) is 18.4 Å². The smallest absolute Gasteiger partial charge is 0.157 e. The van der Waals surface area contributed by atoms with Crippen LogP contribution in [-0.2, 0) is 18.4 Å². The Bertz CT molecular complexity index is 1120. The molecule has 0 aliphatic heterocycles. The number of nitrogens with zero attached hydrogens (tertiary/aromatic N) is 4. The highest BCUT2D eigenvalue weighted by Crippen LogP contribution is 2.29. The van der Waals surface area contributed by atoms with Crippen molar-refractivity contribution in [3.05, 3.63) is 60.6 Å². The van der Waals surface area contributed by atoms with Gasteiger partial charge in [0.15, 0.2) is 11.5 Å². The van der Waals surface area contributed by atoms with E-state index < -0.39 is 0 Å². The molecule has 0 bridgehead atoms. The molecular weight excluding hydrogens is 376 g/mol. The summed E-state index contributed by atoms with van der Waals surface area (Å²) >= 11 is 0. The fourth-order valence-corrected chi connectivity index (χ4v) is 4.16. The summed E-state index contributed by atoms with van der Waals surface area (Å²) in [5, 5.41) is 16.5. The number of H-pyrrole nitrogens is 1. The molecule has 0 saturated heterocycles. The molecule has 1 aromatic carbocycles. The molecule has 2 atom stereocenters. The summed E-state index contributed by atoms with van der Waals surface area (Å²) < 4.78 is 8.11. The number of hydrogen-bond acceptors (Lipinski definition) is 5. The number of anilines is 1. The first-order chi connectivity index (χ1) is 14.8. The van der Waals surface area contributed by atoms with Crippen molar-refractivity contribution in [2.45, 2.75) is 44.4 Å². The average Bonchev–Trinajstić information content (AvgIpc) is 3.40. The molecule has 1 saturated carbocycles. The van der Waals surface area contributed by atoms with E-state index in [4.69, 9.17) is 4.74 Å². The summed E-state index contributed by atoms with van der Waals surface area (Å²) in [6, 6.07) is 12.7. The Morgan fingerprint density at radius 3 is 2.83 bits per heavy atom. The van der Waals surface area contributed by atoms with Crippen LogP contribution >= 0.6 is 0 Å². The molecule has 5 rings (SSSR count). The van der Waals surface area contributed by atoms with E-state index >= 15 is 0 Å². The third-order valence-corrected chi connectivity index (χ3v) is 5.79. The predicted octanol–water partition coefficient (Wildman–Crippen LogP) is 4.30. The van der Waals surface area contributed by atoms with Gasteiger partial charge in [-0.05, 0) is 24.5 Å². The Labute approximate surface area is 175 Å². The number of rotatable bonds is 6. The van der Waals surface area contributed by atoms with E-state index in [0.717, 1.165) is 40.8 Å². The zero-order valence-corrected chi connectivity index (χ0v) is 17.1.